The summed E-state index contributed by atoms with van der Waals surface area (Å²) in [6.45, 7) is 3.61. The van der Waals surface area contributed by atoms with E-state index in [9.17, 15) is 27.2 Å². The first-order chi connectivity index (χ1) is 37.4. The average molecular weight is 1140 g/mol. The van der Waals surface area contributed by atoms with Gasteiger partial charge in [-0.15, -0.1) is 0 Å². The predicted octanol–water partition coefficient (Wildman–Crippen LogP) is 10.2. The second kappa shape index (κ2) is 22.7. The second-order valence-electron chi connectivity index (χ2n) is 18.2. The summed E-state index contributed by atoms with van der Waals surface area (Å²) < 4.78 is 62.1. The monoisotopic (exact) mass is 1140 g/mol. The molecule has 81 heavy (non-hydrogen) atoms. The summed E-state index contributed by atoms with van der Waals surface area (Å²) in [5, 5.41) is 12.3. The number of nitrogens with two attached hydrogens (primary N) is 2. The number of nitrogen functional groups attached to an aromatic ring is 2. The molecule has 2 atom stereocenters. The van der Waals surface area contributed by atoms with E-state index < -0.39 is 46.5 Å². The summed E-state index contributed by atoms with van der Waals surface area (Å²) in [7, 11) is 7.57. The van der Waals surface area contributed by atoms with E-state index >= 15 is 0 Å². The minimum Gasteiger partial charge on any atom is -0.383 e. The Bertz CT molecular complexity index is 4170. The minimum absolute atomic E-state index is 0. The molecule has 2 aromatic carbocycles. The Hall–Kier alpha value is -9.56. The molecule has 416 valence electrons. The van der Waals surface area contributed by atoms with E-state index in [2.05, 4.69) is 29.9 Å². The van der Waals surface area contributed by atoms with E-state index in [1.54, 1.807) is 47.7 Å². The third-order valence-corrected chi connectivity index (χ3v) is 15.0. The maximum atomic E-state index is 14.3. The number of hydrogen-bond donors (Lipinski definition) is 2. The number of anilines is 4. The van der Waals surface area contributed by atoms with Crippen LogP contribution in [0.3, 0.4) is 0 Å². The van der Waals surface area contributed by atoms with Gasteiger partial charge in [-0.05, 0) is 73.5 Å². The quantitative estimate of drug-likeness (QED) is 0.121. The van der Waals surface area contributed by atoms with Crippen LogP contribution in [-0.4, -0.2) is 96.4 Å². The largest absolute Gasteiger partial charge is 0.383 e. The molecule has 0 aliphatic heterocycles. The van der Waals surface area contributed by atoms with Crippen molar-refractivity contribution < 1.29 is 17.6 Å². The number of halogens is 4. The summed E-state index contributed by atoms with van der Waals surface area (Å²) >= 11 is 2.85. The van der Waals surface area contributed by atoms with E-state index in [0.29, 0.717) is 56.0 Å². The number of benzene rings is 2. The molecule has 0 bridgehead atoms. The van der Waals surface area contributed by atoms with Crippen molar-refractivity contribution in [1.29, 1.82) is 0 Å². The van der Waals surface area contributed by atoms with Gasteiger partial charge in [0.2, 0.25) is 0 Å². The van der Waals surface area contributed by atoms with Gasteiger partial charge in [-0.3, -0.25) is 18.4 Å². The smallest absolute Gasteiger partial charge is 0.266 e. The standard InChI is InChI=1S/2C26H21F2N9OS.3CH4/c2*1-13(37-24-20(23(29)31-12-32-24)22(34-37)17-10-30-26(39-17)35(2)3)21-19(14-5-4-6-15(27)9-14)25(38)36-11-16(28)7-8-18(36)33-21;;;/h2*4-13H,1-3H3,(H2,29,31,32);3*1H4/t2*13-;;;/m10.../s1. The molecule has 4 N–H and O–H groups in total. The normalized spacial score (nSPS) is 11.9. The highest BCUT2D eigenvalue weighted by molar-refractivity contribution is 7.19. The predicted molar refractivity (Wildman–Crippen MR) is 312 cm³/mol. The van der Waals surface area contributed by atoms with Crippen LogP contribution < -0.4 is 32.4 Å². The zero-order valence-corrected chi connectivity index (χ0v) is 43.6. The molecule has 0 fully saturated rings. The number of aromatic nitrogens is 14. The van der Waals surface area contributed by atoms with Crippen molar-refractivity contribution in [2.24, 2.45) is 0 Å². The average Bonchev–Trinajstić information content (AvgIpc) is 4.27. The highest BCUT2D eigenvalue weighted by Gasteiger charge is 2.29. The van der Waals surface area contributed by atoms with Crippen molar-refractivity contribution in [3.63, 3.8) is 0 Å². The summed E-state index contributed by atoms with van der Waals surface area (Å²) in [5.74, 6) is -1.78. The first-order valence-corrected chi connectivity index (χ1v) is 25.3. The molecule has 12 rings (SSSR count). The van der Waals surface area contributed by atoms with Crippen LogP contribution >= 0.6 is 22.7 Å². The van der Waals surface area contributed by atoms with Gasteiger partial charge in [0.25, 0.3) is 11.1 Å². The topological polar surface area (TPSA) is 240 Å². The Morgan fingerprint density at radius 1 is 0.531 bits per heavy atom. The molecule has 0 aliphatic carbocycles. The van der Waals surface area contributed by atoms with Crippen molar-refractivity contribution in [3.8, 4) is 43.4 Å². The molecule has 26 heteroatoms. The van der Waals surface area contributed by atoms with Gasteiger partial charge in [0.05, 0.1) is 55.1 Å². The molecular formula is C55H54F4N18O2S2. The number of nitrogens with zero attached hydrogens (tertiary/aromatic N) is 16. The maximum Gasteiger partial charge on any atom is 0.266 e. The number of pyridine rings is 2. The Kier molecular flexibility index (Phi) is 16.1. The summed E-state index contributed by atoms with van der Waals surface area (Å²) in [6, 6.07) is 15.2. The molecule has 0 aliphatic rings. The van der Waals surface area contributed by atoms with Gasteiger partial charge in [0, 0.05) is 53.0 Å². The van der Waals surface area contributed by atoms with Gasteiger partial charge < -0.3 is 21.3 Å². The highest BCUT2D eigenvalue weighted by Crippen LogP contribution is 2.40. The fourth-order valence-corrected chi connectivity index (χ4v) is 10.6. The molecule has 10 heterocycles. The molecule has 12 aromatic rings. The molecule has 0 saturated heterocycles. The van der Waals surface area contributed by atoms with Gasteiger partial charge in [0.15, 0.2) is 21.6 Å². The second-order valence-corrected chi connectivity index (χ2v) is 20.2. The molecule has 0 saturated carbocycles. The Labute approximate surface area is 468 Å². The Morgan fingerprint density at radius 2 is 0.926 bits per heavy atom. The van der Waals surface area contributed by atoms with Crippen LogP contribution in [-0.2, 0) is 0 Å². The number of fused-ring (bicyclic) bond motifs is 4. The van der Waals surface area contributed by atoms with Gasteiger partial charge in [-0.2, -0.15) is 10.2 Å². The highest BCUT2D eigenvalue weighted by atomic mass is 32.1. The van der Waals surface area contributed by atoms with Crippen LogP contribution in [0.5, 0.6) is 0 Å². The van der Waals surface area contributed by atoms with Crippen LogP contribution in [0.15, 0.2) is 120 Å². The number of hydrogen-bond acceptors (Lipinski definition) is 18. The third kappa shape index (κ3) is 10.4. The van der Waals surface area contributed by atoms with Crippen molar-refractivity contribution in [1.82, 2.24) is 68.2 Å². The van der Waals surface area contributed by atoms with Crippen LogP contribution in [0, 0.1) is 23.3 Å². The molecule has 0 radical (unpaired) electrons. The number of rotatable bonds is 10. The van der Waals surface area contributed by atoms with Gasteiger partial charge in [-0.1, -0.05) is 69.2 Å². The molecule has 0 unspecified atom stereocenters. The molecule has 10 aromatic heterocycles. The van der Waals surface area contributed by atoms with E-state index in [-0.39, 0.29) is 56.3 Å². The fraction of sp³-hybridized carbons (Fsp3) is 0.200. The van der Waals surface area contributed by atoms with Gasteiger partial charge in [-0.25, -0.2) is 66.8 Å². The first kappa shape index (κ1) is 57.6. The minimum atomic E-state index is -0.669. The van der Waals surface area contributed by atoms with E-state index in [1.165, 1.54) is 96.0 Å². The van der Waals surface area contributed by atoms with Crippen molar-refractivity contribution in [2.45, 2.75) is 48.2 Å². The lowest BCUT2D eigenvalue weighted by atomic mass is 10.0. The maximum absolute atomic E-state index is 14.3. The van der Waals surface area contributed by atoms with Gasteiger partial charge >= 0.3 is 0 Å². The summed E-state index contributed by atoms with van der Waals surface area (Å²) in [4.78, 5) is 68.2. The summed E-state index contributed by atoms with van der Waals surface area (Å²) in [5.41, 5.74) is 15.3. The first-order valence-electron chi connectivity index (χ1n) is 23.7. The fourth-order valence-electron chi connectivity index (χ4n) is 8.97. The Morgan fingerprint density at radius 3 is 1.28 bits per heavy atom. The van der Waals surface area contributed by atoms with Crippen LogP contribution in [0.4, 0.5) is 39.5 Å². The van der Waals surface area contributed by atoms with Crippen LogP contribution in [0.1, 0.15) is 59.6 Å². The Balaban J connectivity index is 0.000000205. The SMILES string of the molecule is C.C.C.C[C@@H](c1nc2ccc(F)cn2c(=O)c1-c1cccc(F)c1)n1nc(-c2cnc(N(C)C)s2)c2c(N)ncnc21.C[C@H](c1nc2ccc(F)cn2c(=O)c1-c1cccc(F)c1)n1nc(-c2cnc(N(C)C)s2)c2c(N)ncnc21. The van der Waals surface area contributed by atoms with E-state index in [1.807, 2.05) is 38.0 Å². The number of thiazole rings is 2. The third-order valence-electron chi connectivity index (χ3n) is 12.6. The molecular weight excluding hydrogens is 1080 g/mol. The van der Waals surface area contributed by atoms with Crippen molar-refractivity contribution >= 4 is 77.9 Å². The van der Waals surface area contributed by atoms with E-state index in [4.69, 9.17) is 31.6 Å². The van der Waals surface area contributed by atoms with E-state index in [0.717, 1.165) is 41.2 Å². The van der Waals surface area contributed by atoms with Crippen LogP contribution in [0.2, 0.25) is 0 Å². The van der Waals surface area contributed by atoms with Crippen LogP contribution in [0.25, 0.3) is 76.8 Å². The van der Waals surface area contributed by atoms with Crippen molar-refractivity contribution in [3.05, 3.63) is 166 Å². The van der Waals surface area contributed by atoms with Crippen molar-refractivity contribution in [2.75, 3.05) is 49.5 Å². The van der Waals surface area contributed by atoms with Gasteiger partial charge in [0.1, 0.15) is 70.2 Å². The summed E-state index contributed by atoms with van der Waals surface area (Å²) in [6.07, 6.45) is 8.20. The lowest BCUT2D eigenvalue weighted by molar-refractivity contribution is 0.566. The lowest BCUT2D eigenvalue weighted by Crippen LogP contribution is -2.23. The molecule has 0 amide bonds. The molecule has 0 spiro atoms. The zero-order chi connectivity index (χ0) is 54.8. The molecule has 20 nitrogen and oxygen atoms in total. The zero-order valence-electron chi connectivity index (χ0n) is 42.0. The lowest BCUT2D eigenvalue weighted by Gasteiger charge is -2.18.